The Morgan fingerprint density at radius 1 is 0.757 bits per heavy atom. The van der Waals surface area contributed by atoms with E-state index in [1.807, 2.05) is 0 Å². The first-order chi connectivity index (χ1) is 17.3. The maximum atomic E-state index is 13.1. The van der Waals surface area contributed by atoms with Crippen molar-refractivity contribution in [1.82, 2.24) is 16.0 Å². The van der Waals surface area contributed by atoms with Crippen LogP contribution in [0, 0.1) is 0 Å². The average Bonchev–Trinajstić information content (AvgIpc) is 2.83. The van der Waals surface area contributed by atoms with E-state index in [4.69, 9.17) is 15.9 Å². The standard InChI is InChI=1S/C23H32N4O10/c1-12(28)19(24)22(35)27-16(11-13-5-3-2-4-6-13)21(34)25-14(7-9-17(29)30)20(33)26-15(23(36)37)8-10-18(31)32/h2-6,12,14-16,19,28H,7-11,24H2,1H3,(H,25,34)(H,26,33)(H,27,35)(H,29,30)(H,31,32)(H,36,37). The molecule has 0 aromatic heterocycles. The Balaban J connectivity index is 3.13. The highest BCUT2D eigenvalue weighted by Crippen LogP contribution is 2.07. The summed E-state index contributed by atoms with van der Waals surface area (Å²) in [6, 6.07) is 2.71. The number of carboxylic acids is 3. The molecule has 0 spiro atoms. The highest BCUT2D eigenvalue weighted by molar-refractivity contribution is 5.94. The summed E-state index contributed by atoms with van der Waals surface area (Å²) in [7, 11) is 0. The van der Waals surface area contributed by atoms with Crippen molar-refractivity contribution in [3.63, 3.8) is 0 Å². The van der Waals surface area contributed by atoms with Crippen LogP contribution in [0.25, 0.3) is 0 Å². The first-order valence-corrected chi connectivity index (χ1v) is 11.4. The van der Waals surface area contributed by atoms with Crippen molar-refractivity contribution in [2.45, 2.75) is 69.3 Å². The SMILES string of the molecule is CC(O)C(N)C(=O)NC(Cc1ccccc1)C(=O)NC(CCC(=O)O)C(=O)NC(CCC(=O)O)C(=O)O. The molecule has 0 saturated carbocycles. The molecule has 9 N–H and O–H groups in total. The number of rotatable bonds is 16. The number of amides is 3. The zero-order valence-electron chi connectivity index (χ0n) is 20.1. The van der Waals surface area contributed by atoms with Crippen LogP contribution in [0.15, 0.2) is 30.3 Å². The van der Waals surface area contributed by atoms with Crippen molar-refractivity contribution < 1.29 is 49.2 Å². The Morgan fingerprint density at radius 2 is 1.22 bits per heavy atom. The van der Waals surface area contributed by atoms with Gasteiger partial charge in [-0.1, -0.05) is 30.3 Å². The maximum Gasteiger partial charge on any atom is 0.326 e. The molecule has 1 rings (SSSR count). The van der Waals surface area contributed by atoms with Gasteiger partial charge in [-0.05, 0) is 25.3 Å². The van der Waals surface area contributed by atoms with E-state index >= 15 is 0 Å². The molecule has 0 bridgehead atoms. The van der Waals surface area contributed by atoms with Gasteiger partial charge in [0.2, 0.25) is 17.7 Å². The highest BCUT2D eigenvalue weighted by atomic mass is 16.4. The molecule has 5 atom stereocenters. The van der Waals surface area contributed by atoms with Gasteiger partial charge in [-0.15, -0.1) is 0 Å². The number of nitrogens with one attached hydrogen (secondary N) is 3. The number of hydrogen-bond donors (Lipinski definition) is 8. The summed E-state index contributed by atoms with van der Waals surface area (Å²) < 4.78 is 0. The van der Waals surface area contributed by atoms with Crippen molar-refractivity contribution in [1.29, 1.82) is 0 Å². The van der Waals surface area contributed by atoms with Crippen LogP contribution in [0.2, 0.25) is 0 Å². The third-order valence-corrected chi connectivity index (χ3v) is 5.28. The molecule has 1 aromatic rings. The van der Waals surface area contributed by atoms with Gasteiger partial charge in [-0.3, -0.25) is 24.0 Å². The number of hydrogen-bond acceptors (Lipinski definition) is 8. The van der Waals surface area contributed by atoms with E-state index in [9.17, 15) is 39.0 Å². The minimum absolute atomic E-state index is 0.0470. The first-order valence-electron chi connectivity index (χ1n) is 11.4. The second-order valence-electron chi connectivity index (χ2n) is 8.34. The minimum Gasteiger partial charge on any atom is -0.481 e. The van der Waals surface area contributed by atoms with Crippen molar-refractivity contribution in [3.8, 4) is 0 Å². The van der Waals surface area contributed by atoms with E-state index in [2.05, 4.69) is 16.0 Å². The molecular formula is C23H32N4O10. The number of nitrogens with two attached hydrogens (primary N) is 1. The summed E-state index contributed by atoms with van der Waals surface area (Å²) in [4.78, 5) is 71.6. The summed E-state index contributed by atoms with van der Waals surface area (Å²) in [6.07, 6.45) is -3.26. The zero-order valence-corrected chi connectivity index (χ0v) is 20.1. The molecule has 0 aliphatic heterocycles. The maximum absolute atomic E-state index is 13.1. The van der Waals surface area contributed by atoms with Gasteiger partial charge in [-0.25, -0.2) is 4.79 Å². The Kier molecular flexibility index (Phi) is 12.7. The van der Waals surface area contributed by atoms with Crippen molar-refractivity contribution in [2.24, 2.45) is 5.73 Å². The minimum atomic E-state index is -1.60. The molecule has 1 aromatic carbocycles. The fourth-order valence-corrected chi connectivity index (χ4v) is 3.15. The summed E-state index contributed by atoms with van der Waals surface area (Å²) in [6.45, 7) is 1.28. The van der Waals surface area contributed by atoms with E-state index in [1.165, 1.54) is 6.92 Å². The summed E-state index contributed by atoms with van der Waals surface area (Å²) in [5, 5.41) is 43.6. The third kappa shape index (κ3) is 11.5. The van der Waals surface area contributed by atoms with Crippen LogP contribution in [-0.4, -0.2) is 86.3 Å². The Hall–Kier alpha value is -4.04. The fraction of sp³-hybridized carbons (Fsp3) is 0.478. The van der Waals surface area contributed by atoms with Gasteiger partial charge in [0.15, 0.2) is 0 Å². The van der Waals surface area contributed by atoms with E-state index in [0.717, 1.165) is 0 Å². The van der Waals surface area contributed by atoms with Crippen molar-refractivity contribution in [2.75, 3.05) is 0 Å². The fourth-order valence-electron chi connectivity index (χ4n) is 3.15. The smallest absolute Gasteiger partial charge is 0.326 e. The molecule has 0 fully saturated rings. The van der Waals surface area contributed by atoms with E-state index in [-0.39, 0.29) is 6.42 Å². The third-order valence-electron chi connectivity index (χ3n) is 5.28. The molecule has 5 unspecified atom stereocenters. The number of benzene rings is 1. The summed E-state index contributed by atoms with van der Waals surface area (Å²) in [5.41, 5.74) is 6.27. The van der Waals surface area contributed by atoms with Gasteiger partial charge < -0.3 is 42.1 Å². The van der Waals surface area contributed by atoms with E-state index in [1.54, 1.807) is 30.3 Å². The zero-order chi connectivity index (χ0) is 28.1. The number of carbonyl (C=O) groups excluding carboxylic acids is 3. The quantitative estimate of drug-likeness (QED) is 0.120. The number of aliphatic hydroxyl groups is 1. The molecule has 3 amide bonds. The summed E-state index contributed by atoms with van der Waals surface area (Å²) in [5.74, 6) is -6.87. The van der Waals surface area contributed by atoms with Crippen LogP contribution in [0.3, 0.4) is 0 Å². The molecule has 0 heterocycles. The van der Waals surface area contributed by atoms with Crippen molar-refractivity contribution in [3.05, 3.63) is 35.9 Å². The highest BCUT2D eigenvalue weighted by Gasteiger charge is 2.31. The molecule has 14 nitrogen and oxygen atoms in total. The largest absolute Gasteiger partial charge is 0.481 e. The van der Waals surface area contributed by atoms with Gasteiger partial charge in [0.25, 0.3) is 0 Å². The van der Waals surface area contributed by atoms with Crippen LogP contribution < -0.4 is 21.7 Å². The molecule has 0 aliphatic rings. The average molecular weight is 525 g/mol. The molecule has 204 valence electrons. The molecule has 0 aliphatic carbocycles. The lowest BCUT2D eigenvalue weighted by molar-refractivity contribution is -0.144. The molecule has 14 heteroatoms. The molecule has 0 radical (unpaired) electrons. The van der Waals surface area contributed by atoms with Crippen LogP contribution >= 0.6 is 0 Å². The number of carbonyl (C=O) groups is 6. The second-order valence-corrected chi connectivity index (χ2v) is 8.34. The molecule has 37 heavy (non-hydrogen) atoms. The number of aliphatic carboxylic acids is 3. The lowest BCUT2D eigenvalue weighted by Gasteiger charge is -2.25. The number of carboxylic acid groups (broad SMARTS) is 3. The van der Waals surface area contributed by atoms with Gasteiger partial charge in [-0.2, -0.15) is 0 Å². The van der Waals surface area contributed by atoms with Gasteiger partial charge in [0.05, 0.1) is 6.10 Å². The second kappa shape index (κ2) is 15.2. The van der Waals surface area contributed by atoms with Crippen molar-refractivity contribution >= 4 is 35.6 Å². The predicted molar refractivity (Wildman–Crippen MR) is 127 cm³/mol. The van der Waals surface area contributed by atoms with E-state index in [0.29, 0.717) is 5.56 Å². The predicted octanol–water partition coefficient (Wildman–Crippen LogP) is -1.79. The van der Waals surface area contributed by atoms with Crippen LogP contribution in [0.5, 0.6) is 0 Å². The molecule has 0 saturated heterocycles. The number of aliphatic hydroxyl groups excluding tert-OH is 1. The van der Waals surface area contributed by atoms with E-state index < -0.39 is 91.6 Å². The lowest BCUT2D eigenvalue weighted by Crippen LogP contribution is -2.58. The van der Waals surface area contributed by atoms with Crippen LogP contribution in [-0.2, 0) is 35.2 Å². The van der Waals surface area contributed by atoms with Gasteiger partial charge in [0.1, 0.15) is 24.2 Å². The summed E-state index contributed by atoms with van der Waals surface area (Å²) >= 11 is 0. The van der Waals surface area contributed by atoms with Crippen LogP contribution in [0.4, 0.5) is 0 Å². The lowest BCUT2D eigenvalue weighted by atomic mass is 10.0. The van der Waals surface area contributed by atoms with Crippen LogP contribution in [0.1, 0.15) is 38.2 Å². The van der Waals surface area contributed by atoms with Gasteiger partial charge >= 0.3 is 17.9 Å². The van der Waals surface area contributed by atoms with Gasteiger partial charge in [0, 0.05) is 19.3 Å². The molecular weight excluding hydrogens is 492 g/mol. The Bertz CT molecular complexity index is 970. The normalized spacial score (nSPS) is 14.8. The Labute approximate surface area is 212 Å². The first kappa shape index (κ1) is 31.0. The monoisotopic (exact) mass is 524 g/mol. The topological polar surface area (TPSA) is 245 Å². The Morgan fingerprint density at radius 3 is 1.70 bits per heavy atom.